The molecule has 158 valence electrons. The van der Waals surface area contributed by atoms with Crippen molar-refractivity contribution in [3.63, 3.8) is 0 Å². The molecule has 2 aromatic carbocycles. The zero-order valence-electron chi connectivity index (χ0n) is 16.9. The largest absolute Gasteiger partial charge is 0.497 e. The molecular formula is C22H21N5O3S. The molecule has 4 rings (SSSR count). The molecule has 8 nitrogen and oxygen atoms in total. The van der Waals surface area contributed by atoms with Crippen LogP contribution in [-0.4, -0.2) is 32.8 Å². The molecule has 0 bridgehead atoms. The van der Waals surface area contributed by atoms with Crippen molar-refractivity contribution < 1.29 is 9.53 Å². The van der Waals surface area contributed by atoms with E-state index >= 15 is 0 Å². The third-order valence-electron chi connectivity index (χ3n) is 4.76. The molecule has 0 unspecified atom stereocenters. The van der Waals surface area contributed by atoms with Crippen molar-refractivity contribution in [2.24, 2.45) is 0 Å². The van der Waals surface area contributed by atoms with Crippen molar-refractivity contribution in [1.82, 2.24) is 19.7 Å². The van der Waals surface area contributed by atoms with Crippen molar-refractivity contribution in [3.05, 3.63) is 75.8 Å². The second-order valence-corrected chi connectivity index (χ2v) is 8.00. The molecule has 0 saturated heterocycles. The molecule has 0 aliphatic heterocycles. The molecule has 4 aromatic rings. The van der Waals surface area contributed by atoms with Crippen LogP contribution in [0.15, 0.2) is 59.7 Å². The van der Waals surface area contributed by atoms with E-state index in [1.165, 1.54) is 22.2 Å². The van der Waals surface area contributed by atoms with Crippen LogP contribution in [0.1, 0.15) is 23.4 Å². The SMILES string of the molecule is COc1ccc(Cc2nnc(NC(=O)CCCn3cnc4ccccc4c3=O)s2)cc1. The van der Waals surface area contributed by atoms with E-state index in [-0.39, 0.29) is 17.9 Å². The predicted octanol–water partition coefficient (Wildman–Crippen LogP) is 3.27. The molecule has 0 saturated carbocycles. The number of nitrogens with one attached hydrogen (secondary N) is 1. The summed E-state index contributed by atoms with van der Waals surface area (Å²) in [5.41, 5.74) is 1.66. The summed E-state index contributed by atoms with van der Waals surface area (Å²) < 4.78 is 6.69. The highest BCUT2D eigenvalue weighted by Crippen LogP contribution is 2.20. The van der Waals surface area contributed by atoms with E-state index in [0.29, 0.717) is 35.4 Å². The summed E-state index contributed by atoms with van der Waals surface area (Å²) in [5, 5.41) is 12.8. The maximum absolute atomic E-state index is 12.5. The van der Waals surface area contributed by atoms with Gasteiger partial charge in [0.15, 0.2) is 0 Å². The Labute approximate surface area is 182 Å². The second kappa shape index (κ2) is 9.48. The van der Waals surface area contributed by atoms with Crippen molar-refractivity contribution >= 4 is 33.3 Å². The van der Waals surface area contributed by atoms with Gasteiger partial charge in [0.1, 0.15) is 10.8 Å². The average Bonchev–Trinajstić information content (AvgIpc) is 3.22. The minimum absolute atomic E-state index is 0.0988. The topological polar surface area (TPSA) is 99.0 Å². The number of amides is 1. The first kappa shape index (κ1) is 20.7. The van der Waals surface area contributed by atoms with Gasteiger partial charge in [-0.05, 0) is 36.2 Å². The van der Waals surface area contributed by atoms with Gasteiger partial charge in [-0.2, -0.15) is 0 Å². The van der Waals surface area contributed by atoms with Gasteiger partial charge < -0.3 is 10.1 Å². The van der Waals surface area contributed by atoms with Gasteiger partial charge in [-0.15, -0.1) is 10.2 Å². The smallest absolute Gasteiger partial charge is 0.261 e. The first-order valence-electron chi connectivity index (χ1n) is 9.82. The number of methoxy groups -OCH3 is 1. The molecule has 0 aliphatic rings. The predicted molar refractivity (Wildman–Crippen MR) is 120 cm³/mol. The zero-order valence-corrected chi connectivity index (χ0v) is 17.8. The Morgan fingerprint density at radius 1 is 1.13 bits per heavy atom. The fourth-order valence-electron chi connectivity index (χ4n) is 3.15. The van der Waals surface area contributed by atoms with E-state index in [2.05, 4.69) is 20.5 Å². The molecule has 1 N–H and O–H groups in total. The lowest BCUT2D eigenvalue weighted by molar-refractivity contribution is -0.116. The lowest BCUT2D eigenvalue weighted by Gasteiger charge is -2.06. The van der Waals surface area contributed by atoms with Gasteiger partial charge in [0.2, 0.25) is 11.0 Å². The summed E-state index contributed by atoms with van der Waals surface area (Å²) in [6.07, 6.45) is 2.95. The molecule has 0 spiro atoms. The summed E-state index contributed by atoms with van der Waals surface area (Å²) in [7, 11) is 1.63. The molecule has 9 heteroatoms. The van der Waals surface area contributed by atoms with Crippen LogP contribution in [0, 0.1) is 0 Å². The van der Waals surface area contributed by atoms with Crippen LogP contribution < -0.4 is 15.6 Å². The van der Waals surface area contributed by atoms with Crippen LogP contribution in [0.5, 0.6) is 5.75 Å². The number of ether oxygens (including phenoxy) is 1. The third-order valence-corrected chi connectivity index (χ3v) is 5.60. The van der Waals surface area contributed by atoms with Gasteiger partial charge >= 0.3 is 0 Å². The van der Waals surface area contributed by atoms with Gasteiger partial charge in [0.25, 0.3) is 5.56 Å². The summed E-state index contributed by atoms with van der Waals surface area (Å²) in [5.74, 6) is 0.643. The molecule has 0 aliphatic carbocycles. The van der Waals surface area contributed by atoms with Gasteiger partial charge in [0, 0.05) is 19.4 Å². The van der Waals surface area contributed by atoms with Crippen LogP contribution in [0.25, 0.3) is 10.9 Å². The van der Waals surface area contributed by atoms with Crippen LogP contribution in [-0.2, 0) is 17.8 Å². The van der Waals surface area contributed by atoms with Crippen LogP contribution in [0.2, 0.25) is 0 Å². The lowest BCUT2D eigenvalue weighted by atomic mass is 10.1. The third kappa shape index (κ3) is 5.13. The molecule has 0 radical (unpaired) electrons. The lowest BCUT2D eigenvalue weighted by Crippen LogP contribution is -2.21. The number of aryl methyl sites for hydroxylation is 1. The van der Waals surface area contributed by atoms with Crippen molar-refractivity contribution in [2.75, 3.05) is 12.4 Å². The Balaban J connectivity index is 1.28. The second-order valence-electron chi connectivity index (χ2n) is 6.94. The van der Waals surface area contributed by atoms with Gasteiger partial charge in [-0.1, -0.05) is 35.6 Å². The summed E-state index contributed by atoms with van der Waals surface area (Å²) in [6, 6.07) is 15.0. The maximum Gasteiger partial charge on any atom is 0.261 e. The van der Waals surface area contributed by atoms with Gasteiger partial charge in [-0.3, -0.25) is 14.2 Å². The molecule has 31 heavy (non-hydrogen) atoms. The minimum atomic E-state index is -0.158. The number of hydrogen-bond acceptors (Lipinski definition) is 7. The number of carbonyl (C=O) groups is 1. The summed E-state index contributed by atoms with van der Waals surface area (Å²) in [6.45, 7) is 0.420. The first-order valence-corrected chi connectivity index (χ1v) is 10.6. The van der Waals surface area contributed by atoms with Crippen LogP contribution in [0.3, 0.4) is 0 Å². The van der Waals surface area contributed by atoms with Gasteiger partial charge in [0.05, 0.1) is 24.3 Å². The Bertz CT molecular complexity index is 1250. The zero-order chi connectivity index (χ0) is 21.6. The van der Waals surface area contributed by atoms with Crippen molar-refractivity contribution in [3.8, 4) is 5.75 Å². The summed E-state index contributed by atoms with van der Waals surface area (Å²) in [4.78, 5) is 29.0. The Morgan fingerprint density at radius 3 is 2.74 bits per heavy atom. The maximum atomic E-state index is 12.5. The number of fused-ring (bicyclic) bond motifs is 1. The van der Waals surface area contributed by atoms with E-state index in [9.17, 15) is 9.59 Å². The number of rotatable bonds is 8. The minimum Gasteiger partial charge on any atom is -0.497 e. The first-order chi connectivity index (χ1) is 15.1. The molecule has 0 atom stereocenters. The van der Waals surface area contributed by atoms with E-state index < -0.39 is 0 Å². The number of nitrogens with zero attached hydrogens (tertiary/aromatic N) is 4. The van der Waals surface area contributed by atoms with E-state index in [1.54, 1.807) is 19.2 Å². The van der Waals surface area contributed by atoms with Crippen molar-refractivity contribution in [2.45, 2.75) is 25.8 Å². The number of carbonyl (C=O) groups excluding carboxylic acids is 1. The highest BCUT2D eigenvalue weighted by Gasteiger charge is 2.10. The Kier molecular flexibility index (Phi) is 6.32. The molecule has 2 aromatic heterocycles. The number of hydrogen-bond donors (Lipinski definition) is 1. The number of anilines is 1. The number of aromatic nitrogens is 4. The number of benzene rings is 2. The van der Waals surface area contributed by atoms with Crippen LogP contribution in [0.4, 0.5) is 5.13 Å². The highest BCUT2D eigenvalue weighted by atomic mass is 32.1. The Morgan fingerprint density at radius 2 is 1.94 bits per heavy atom. The summed E-state index contributed by atoms with van der Waals surface area (Å²) >= 11 is 1.35. The van der Waals surface area contributed by atoms with Crippen molar-refractivity contribution in [1.29, 1.82) is 0 Å². The van der Waals surface area contributed by atoms with Gasteiger partial charge in [-0.25, -0.2) is 4.98 Å². The van der Waals surface area contributed by atoms with E-state index in [1.807, 2.05) is 36.4 Å². The quantitative estimate of drug-likeness (QED) is 0.456. The molecule has 1 amide bonds. The standard InChI is InChI=1S/C22H21N5O3S/c1-30-16-10-8-15(9-11-16)13-20-25-26-22(31-20)24-19(28)7-4-12-27-14-23-18-6-3-2-5-17(18)21(27)29/h2-3,5-6,8-11,14H,4,7,12-13H2,1H3,(H,24,26,28). The fraction of sp³-hybridized carbons (Fsp3) is 0.227. The normalized spacial score (nSPS) is 10.9. The number of para-hydroxylation sites is 1. The Hall–Kier alpha value is -3.59. The average molecular weight is 436 g/mol. The molecule has 0 fully saturated rings. The molecule has 2 heterocycles. The van der Waals surface area contributed by atoms with Crippen LogP contribution >= 0.6 is 11.3 Å². The highest BCUT2D eigenvalue weighted by molar-refractivity contribution is 7.15. The fourth-order valence-corrected chi connectivity index (χ4v) is 3.94. The monoisotopic (exact) mass is 435 g/mol. The van der Waals surface area contributed by atoms with E-state index in [4.69, 9.17) is 4.74 Å². The van der Waals surface area contributed by atoms with E-state index in [0.717, 1.165) is 16.3 Å². The molecular weight excluding hydrogens is 414 g/mol.